The zero-order valence-electron chi connectivity index (χ0n) is 14.7. The number of hydrogen-bond donors (Lipinski definition) is 1. The van der Waals surface area contributed by atoms with Gasteiger partial charge in [-0.25, -0.2) is 9.59 Å². The summed E-state index contributed by atoms with van der Waals surface area (Å²) in [5, 5.41) is 9.12. The van der Waals surface area contributed by atoms with E-state index in [2.05, 4.69) is 0 Å². The number of carbonyl (C=O) groups is 2. The standard InChI is InChI=1S/C22H18O5/c1-2-26-21(23)18-12-7-6-11-16(18)17-13-8-14-19(27-22(24)25)20(17)15-9-4-3-5-10-15/h3-14H,2H2,1H3,(H,24,25). The van der Waals surface area contributed by atoms with Crippen LogP contribution in [0.2, 0.25) is 0 Å². The molecule has 3 aromatic carbocycles. The van der Waals surface area contributed by atoms with Crippen LogP contribution in [0.1, 0.15) is 17.3 Å². The molecule has 0 heterocycles. The largest absolute Gasteiger partial charge is 0.511 e. The molecule has 0 spiro atoms. The molecule has 5 nitrogen and oxygen atoms in total. The second-order valence-electron chi connectivity index (χ2n) is 5.68. The van der Waals surface area contributed by atoms with Crippen molar-refractivity contribution in [3.63, 3.8) is 0 Å². The molecule has 27 heavy (non-hydrogen) atoms. The maximum atomic E-state index is 12.4. The number of carboxylic acid groups (broad SMARTS) is 1. The number of hydrogen-bond acceptors (Lipinski definition) is 4. The number of ether oxygens (including phenoxy) is 2. The van der Waals surface area contributed by atoms with Crippen molar-refractivity contribution in [2.24, 2.45) is 0 Å². The summed E-state index contributed by atoms with van der Waals surface area (Å²) in [6, 6.07) is 21.5. The van der Waals surface area contributed by atoms with E-state index >= 15 is 0 Å². The summed E-state index contributed by atoms with van der Waals surface area (Å²) in [5.74, 6) is -0.235. The molecule has 5 heteroatoms. The van der Waals surface area contributed by atoms with Gasteiger partial charge in [0.15, 0.2) is 0 Å². The first-order chi connectivity index (χ1) is 13.1. The number of carbonyl (C=O) groups excluding carboxylic acids is 1. The second-order valence-corrected chi connectivity index (χ2v) is 5.68. The van der Waals surface area contributed by atoms with Gasteiger partial charge in [-0.15, -0.1) is 0 Å². The van der Waals surface area contributed by atoms with E-state index in [0.29, 0.717) is 22.3 Å². The maximum absolute atomic E-state index is 12.4. The van der Waals surface area contributed by atoms with Crippen LogP contribution in [0.25, 0.3) is 22.3 Å². The summed E-state index contributed by atoms with van der Waals surface area (Å²) in [7, 11) is 0. The summed E-state index contributed by atoms with van der Waals surface area (Å²) < 4.78 is 10.2. The van der Waals surface area contributed by atoms with E-state index in [-0.39, 0.29) is 12.4 Å². The van der Waals surface area contributed by atoms with Gasteiger partial charge in [0.1, 0.15) is 5.75 Å². The fourth-order valence-corrected chi connectivity index (χ4v) is 2.94. The van der Waals surface area contributed by atoms with E-state index in [4.69, 9.17) is 14.6 Å². The van der Waals surface area contributed by atoms with E-state index in [9.17, 15) is 9.59 Å². The molecule has 0 aromatic heterocycles. The van der Waals surface area contributed by atoms with Gasteiger partial charge < -0.3 is 14.6 Å². The summed E-state index contributed by atoms with van der Waals surface area (Å²) >= 11 is 0. The predicted molar refractivity (Wildman–Crippen MR) is 102 cm³/mol. The molecule has 0 aliphatic rings. The van der Waals surface area contributed by atoms with Crippen LogP contribution in [-0.4, -0.2) is 23.8 Å². The smallest absolute Gasteiger partial charge is 0.462 e. The quantitative estimate of drug-likeness (QED) is 0.495. The number of esters is 1. The highest BCUT2D eigenvalue weighted by atomic mass is 16.7. The van der Waals surface area contributed by atoms with E-state index in [1.807, 2.05) is 42.5 Å². The highest BCUT2D eigenvalue weighted by Crippen LogP contribution is 2.40. The highest BCUT2D eigenvalue weighted by molar-refractivity contribution is 6.01. The average Bonchev–Trinajstić information content (AvgIpc) is 2.68. The zero-order valence-corrected chi connectivity index (χ0v) is 14.7. The van der Waals surface area contributed by atoms with Crippen LogP contribution in [0.15, 0.2) is 72.8 Å². The fourth-order valence-electron chi connectivity index (χ4n) is 2.94. The minimum Gasteiger partial charge on any atom is -0.462 e. The Kier molecular flexibility index (Phi) is 5.52. The Morgan fingerprint density at radius 1 is 0.852 bits per heavy atom. The molecule has 0 atom stereocenters. The van der Waals surface area contributed by atoms with Crippen LogP contribution < -0.4 is 4.74 Å². The third kappa shape index (κ3) is 3.98. The molecule has 0 aliphatic carbocycles. The van der Waals surface area contributed by atoms with Gasteiger partial charge in [-0.3, -0.25) is 0 Å². The van der Waals surface area contributed by atoms with Gasteiger partial charge in [0.05, 0.1) is 12.2 Å². The second kappa shape index (κ2) is 8.19. The minimum atomic E-state index is -1.40. The van der Waals surface area contributed by atoms with Crippen LogP contribution in [0.4, 0.5) is 4.79 Å². The van der Waals surface area contributed by atoms with Crippen LogP contribution in [-0.2, 0) is 4.74 Å². The Bertz CT molecular complexity index is 963. The minimum absolute atomic E-state index is 0.199. The Labute approximate surface area is 156 Å². The van der Waals surface area contributed by atoms with Crippen molar-refractivity contribution in [2.45, 2.75) is 6.92 Å². The summed E-state index contributed by atoms with van der Waals surface area (Å²) in [5.41, 5.74) is 3.11. The Hall–Kier alpha value is -3.60. The van der Waals surface area contributed by atoms with Crippen molar-refractivity contribution in [3.8, 4) is 28.0 Å². The molecule has 1 N–H and O–H groups in total. The molecular weight excluding hydrogens is 344 g/mol. The highest BCUT2D eigenvalue weighted by Gasteiger charge is 2.20. The lowest BCUT2D eigenvalue weighted by Gasteiger charge is -2.16. The molecule has 0 fully saturated rings. The summed E-state index contributed by atoms with van der Waals surface area (Å²) in [6.45, 7) is 2.01. The molecular formula is C22H18O5. The van der Waals surface area contributed by atoms with Crippen LogP contribution in [0.3, 0.4) is 0 Å². The Morgan fingerprint density at radius 3 is 2.22 bits per heavy atom. The lowest BCUT2D eigenvalue weighted by molar-refractivity contribution is 0.0527. The third-order valence-corrected chi connectivity index (χ3v) is 4.00. The van der Waals surface area contributed by atoms with Gasteiger partial charge in [0.25, 0.3) is 0 Å². The number of rotatable bonds is 5. The molecule has 0 radical (unpaired) electrons. The zero-order chi connectivity index (χ0) is 19.2. The molecule has 136 valence electrons. The first-order valence-electron chi connectivity index (χ1n) is 8.47. The maximum Gasteiger partial charge on any atom is 0.511 e. The topological polar surface area (TPSA) is 72.8 Å². The molecule has 0 saturated heterocycles. The van der Waals surface area contributed by atoms with E-state index in [1.54, 1.807) is 37.3 Å². The van der Waals surface area contributed by atoms with Crippen molar-refractivity contribution in [1.82, 2.24) is 0 Å². The molecule has 0 unspecified atom stereocenters. The van der Waals surface area contributed by atoms with Crippen molar-refractivity contribution >= 4 is 12.1 Å². The van der Waals surface area contributed by atoms with Crippen molar-refractivity contribution in [2.75, 3.05) is 6.61 Å². The molecule has 3 rings (SSSR count). The Balaban J connectivity index is 2.26. The molecule has 0 saturated carbocycles. The van der Waals surface area contributed by atoms with Gasteiger partial charge in [0, 0.05) is 5.56 Å². The number of benzene rings is 3. The molecule has 0 aliphatic heterocycles. The third-order valence-electron chi connectivity index (χ3n) is 4.00. The van der Waals surface area contributed by atoms with Crippen LogP contribution >= 0.6 is 0 Å². The normalized spacial score (nSPS) is 10.3. The summed E-state index contributed by atoms with van der Waals surface area (Å²) in [6.07, 6.45) is -1.40. The Morgan fingerprint density at radius 2 is 1.52 bits per heavy atom. The van der Waals surface area contributed by atoms with Gasteiger partial charge >= 0.3 is 12.1 Å². The lowest BCUT2D eigenvalue weighted by atomic mass is 9.91. The lowest BCUT2D eigenvalue weighted by Crippen LogP contribution is -2.08. The first-order valence-corrected chi connectivity index (χ1v) is 8.47. The van der Waals surface area contributed by atoms with Crippen LogP contribution in [0.5, 0.6) is 5.75 Å². The SMILES string of the molecule is CCOC(=O)c1ccccc1-c1cccc(OC(=O)O)c1-c1ccccc1. The van der Waals surface area contributed by atoms with Crippen molar-refractivity contribution in [3.05, 3.63) is 78.4 Å². The van der Waals surface area contributed by atoms with Gasteiger partial charge in [-0.05, 0) is 35.7 Å². The van der Waals surface area contributed by atoms with E-state index < -0.39 is 12.1 Å². The monoisotopic (exact) mass is 362 g/mol. The fraction of sp³-hybridized carbons (Fsp3) is 0.0909. The van der Waals surface area contributed by atoms with Gasteiger partial charge in [-0.1, -0.05) is 60.7 Å². The van der Waals surface area contributed by atoms with Gasteiger partial charge in [-0.2, -0.15) is 0 Å². The van der Waals surface area contributed by atoms with E-state index in [1.165, 1.54) is 0 Å². The van der Waals surface area contributed by atoms with Crippen molar-refractivity contribution in [1.29, 1.82) is 0 Å². The first kappa shape index (κ1) is 18.2. The molecule has 3 aromatic rings. The predicted octanol–water partition coefficient (Wildman–Crippen LogP) is 5.25. The summed E-state index contributed by atoms with van der Waals surface area (Å²) in [4.78, 5) is 23.6. The van der Waals surface area contributed by atoms with Crippen LogP contribution in [0, 0.1) is 0 Å². The molecule has 0 amide bonds. The average molecular weight is 362 g/mol. The van der Waals surface area contributed by atoms with Gasteiger partial charge in [0.2, 0.25) is 0 Å². The van der Waals surface area contributed by atoms with Crippen molar-refractivity contribution < 1.29 is 24.2 Å². The molecule has 0 bridgehead atoms. The van der Waals surface area contributed by atoms with E-state index in [0.717, 1.165) is 5.56 Å².